The molecule has 3 heterocycles. The molecular formula is C22H32N4O3S. The maximum atomic E-state index is 12.7. The molecule has 1 aromatic carbocycles. The van der Waals surface area contributed by atoms with Crippen molar-refractivity contribution in [3.63, 3.8) is 0 Å². The molecule has 2 bridgehead atoms. The normalized spacial score (nSPS) is 27.0. The van der Waals surface area contributed by atoms with Gasteiger partial charge in [0.05, 0.1) is 13.2 Å². The molecule has 0 saturated carbocycles. The number of ether oxygens (including phenoxy) is 1. The number of piperidine rings is 1. The summed E-state index contributed by atoms with van der Waals surface area (Å²) in [6, 6.07) is 8.17. The van der Waals surface area contributed by atoms with E-state index in [9.17, 15) is 9.59 Å². The molecule has 1 amide bonds. The van der Waals surface area contributed by atoms with Gasteiger partial charge in [0, 0.05) is 56.0 Å². The summed E-state index contributed by atoms with van der Waals surface area (Å²) in [5, 5.41) is 6.44. The molecule has 164 valence electrons. The van der Waals surface area contributed by atoms with Gasteiger partial charge in [0.15, 0.2) is 0 Å². The molecule has 3 atom stereocenters. The van der Waals surface area contributed by atoms with E-state index in [1.807, 2.05) is 30.8 Å². The summed E-state index contributed by atoms with van der Waals surface area (Å²) in [5.74, 6) is 2.43. The molecule has 0 spiro atoms. The Morgan fingerprint density at radius 1 is 1.23 bits per heavy atom. The number of rotatable bonds is 7. The van der Waals surface area contributed by atoms with Crippen molar-refractivity contribution in [1.82, 2.24) is 15.1 Å². The fraction of sp³-hybridized carbons (Fsp3) is 0.636. The zero-order valence-electron chi connectivity index (χ0n) is 17.6. The number of hydrogen-bond acceptors (Lipinski definition) is 7. The number of likely N-dealkylation sites (tertiary alicyclic amines) is 1. The Labute approximate surface area is 182 Å². The van der Waals surface area contributed by atoms with Crippen LogP contribution in [0.1, 0.15) is 18.9 Å². The standard InChI is InChI=1S/C22H32N4O3S/c1-2-29-22(28)21-17-11-19(24-21)14-26(13-17)15-20(27)23-18-5-3-4-16(10-18)12-25-6-8-30-9-7-25/h3-5,10,17,19,21,24H,2,6-9,11-15H2,1H3,(H,23,27). The van der Waals surface area contributed by atoms with E-state index in [0.29, 0.717) is 13.2 Å². The van der Waals surface area contributed by atoms with Crippen LogP contribution in [0.4, 0.5) is 5.69 Å². The molecular weight excluding hydrogens is 400 g/mol. The number of fused-ring (bicyclic) bond motifs is 2. The van der Waals surface area contributed by atoms with E-state index in [1.54, 1.807) is 0 Å². The van der Waals surface area contributed by atoms with Gasteiger partial charge in [-0.1, -0.05) is 12.1 Å². The van der Waals surface area contributed by atoms with Crippen LogP contribution in [-0.4, -0.2) is 84.6 Å². The smallest absolute Gasteiger partial charge is 0.323 e. The number of anilines is 1. The molecule has 3 saturated heterocycles. The van der Waals surface area contributed by atoms with Crippen LogP contribution in [0, 0.1) is 5.92 Å². The van der Waals surface area contributed by atoms with Crippen LogP contribution >= 0.6 is 11.8 Å². The van der Waals surface area contributed by atoms with Crippen molar-refractivity contribution >= 4 is 29.3 Å². The fourth-order valence-electron chi connectivity index (χ4n) is 4.77. The Bertz CT molecular complexity index is 756. The van der Waals surface area contributed by atoms with Gasteiger partial charge in [0.2, 0.25) is 5.91 Å². The maximum Gasteiger partial charge on any atom is 0.323 e. The minimum Gasteiger partial charge on any atom is -0.465 e. The van der Waals surface area contributed by atoms with Crippen LogP contribution in [0.3, 0.4) is 0 Å². The first kappa shape index (κ1) is 21.6. The second kappa shape index (κ2) is 10.1. The SMILES string of the molecule is CCOC(=O)C1NC2CC1CN(CC(=O)Nc1cccc(CN3CCSCC3)c1)C2. The highest BCUT2D eigenvalue weighted by atomic mass is 32.2. The van der Waals surface area contributed by atoms with Gasteiger partial charge in [0.25, 0.3) is 0 Å². The highest BCUT2D eigenvalue weighted by Gasteiger charge is 2.44. The molecule has 1 aromatic rings. The highest BCUT2D eigenvalue weighted by Crippen LogP contribution is 2.28. The van der Waals surface area contributed by atoms with Crippen molar-refractivity contribution in [2.24, 2.45) is 5.92 Å². The Balaban J connectivity index is 1.28. The maximum absolute atomic E-state index is 12.7. The minimum absolute atomic E-state index is 0.00416. The number of amides is 1. The zero-order chi connectivity index (χ0) is 20.9. The minimum atomic E-state index is -0.243. The molecule has 0 radical (unpaired) electrons. The third kappa shape index (κ3) is 5.55. The van der Waals surface area contributed by atoms with Gasteiger partial charge in [-0.15, -0.1) is 0 Å². The van der Waals surface area contributed by atoms with Gasteiger partial charge in [-0.25, -0.2) is 0 Å². The van der Waals surface area contributed by atoms with Crippen molar-refractivity contribution in [3.05, 3.63) is 29.8 Å². The highest BCUT2D eigenvalue weighted by molar-refractivity contribution is 7.99. The van der Waals surface area contributed by atoms with E-state index >= 15 is 0 Å². The number of hydrogen-bond donors (Lipinski definition) is 2. The predicted octanol–water partition coefficient (Wildman–Crippen LogP) is 1.40. The molecule has 3 unspecified atom stereocenters. The van der Waals surface area contributed by atoms with Crippen molar-refractivity contribution in [1.29, 1.82) is 0 Å². The number of carbonyl (C=O) groups is 2. The summed E-state index contributed by atoms with van der Waals surface area (Å²) in [6.07, 6.45) is 0.971. The monoisotopic (exact) mass is 432 g/mol. The summed E-state index contributed by atoms with van der Waals surface area (Å²) in [4.78, 5) is 29.4. The lowest BCUT2D eigenvalue weighted by molar-refractivity contribution is -0.146. The summed E-state index contributed by atoms with van der Waals surface area (Å²) >= 11 is 2.01. The predicted molar refractivity (Wildman–Crippen MR) is 120 cm³/mol. The van der Waals surface area contributed by atoms with Crippen LogP contribution in [0.15, 0.2) is 24.3 Å². The van der Waals surface area contributed by atoms with Gasteiger partial charge in [-0.2, -0.15) is 11.8 Å². The fourth-order valence-corrected chi connectivity index (χ4v) is 5.75. The zero-order valence-corrected chi connectivity index (χ0v) is 18.5. The summed E-state index contributed by atoms with van der Waals surface area (Å²) in [7, 11) is 0. The number of thioether (sulfide) groups is 1. The van der Waals surface area contributed by atoms with Gasteiger partial charge >= 0.3 is 5.97 Å². The first-order valence-electron chi connectivity index (χ1n) is 10.9. The van der Waals surface area contributed by atoms with E-state index < -0.39 is 0 Å². The lowest BCUT2D eigenvalue weighted by atomic mass is 9.95. The number of benzene rings is 1. The van der Waals surface area contributed by atoms with Crippen molar-refractivity contribution in [2.75, 3.05) is 56.2 Å². The second-order valence-corrected chi connectivity index (χ2v) is 9.64. The van der Waals surface area contributed by atoms with Gasteiger partial charge in [-0.3, -0.25) is 19.4 Å². The van der Waals surface area contributed by atoms with Crippen molar-refractivity contribution in [3.8, 4) is 0 Å². The van der Waals surface area contributed by atoms with Crippen LogP contribution in [0.2, 0.25) is 0 Å². The first-order valence-corrected chi connectivity index (χ1v) is 12.1. The molecule has 4 rings (SSSR count). The quantitative estimate of drug-likeness (QED) is 0.631. The molecule has 0 aromatic heterocycles. The summed E-state index contributed by atoms with van der Waals surface area (Å²) < 4.78 is 5.19. The van der Waals surface area contributed by atoms with Crippen LogP contribution in [0.25, 0.3) is 0 Å². The van der Waals surface area contributed by atoms with Crippen molar-refractivity contribution < 1.29 is 14.3 Å². The number of nitrogens with one attached hydrogen (secondary N) is 2. The van der Waals surface area contributed by atoms with Crippen molar-refractivity contribution in [2.45, 2.75) is 32.0 Å². The average molecular weight is 433 g/mol. The second-order valence-electron chi connectivity index (χ2n) is 8.42. The molecule has 0 aliphatic carbocycles. The van der Waals surface area contributed by atoms with Crippen LogP contribution in [0.5, 0.6) is 0 Å². The van der Waals surface area contributed by atoms with Gasteiger partial charge < -0.3 is 15.4 Å². The Kier molecular flexibility index (Phi) is 7.30. The Morgan fingerprint density at radius 2 is 2.07 bits per heavy atom. The largest absolute Gasteiger partial charge is 0.465 e. The van der Waals surface area contributed by atoms with Crippen LogP contribution < -0.4 is 10.6 Å². The molecule has 3 aliphatic rings. The van der Waals surface area contributed by atoms with Gasteiger partial charge in [-0.05, 0) is 37.0 Å². The molecule has 2 N–H and O–H groups in total. The number of nitrogens with zero attached hydrogens (tertiary/aromatic N) is 2. The molecule has 3 aliphatic heterocycles. The van der Waals surface area contributed by atoms with E-state index in [0.717, 1.165) is 44.8 Å². The van der Waals surface area contributed by atoms with Gasteiger partial charge in [0.1, 0.15) is 6.04 Å². The Hall–Kier alpha value is -1.61. The van der Waals surface area contributed by atoms with E-state index in [-0.39, 0.29) is 29.9 Å². The number of carbonyl (C=O) groups excluding carboxylic acids is 2. The molecule has 3 fully saturated rings. The van der Waals surface area contributed by atoms with E-state index in [1.165, 1.54) is 17.1 Å². The summed E-state index contributed by atoms with van der Waals surface area (Å²) in [6.45, 7) is 7.28. The van der Waals surface area contributed by atoms with E-state index in [4.69, 9.17) is 4.74 Å². The lowest BCUT2D eigenvalue weighted by Gasteiger charge is -2.30. The Morgan fingerprint density at radius 3 is 2.87 bits per heavy atom. The lowest BCUT2D eigenvalue weighted by Crippen LogP contribution is -2.44. The third-order valence-electron chi connectivity index (χ3n) is 6.07. The molecule has 30 heavy (non-hydrogen) atoms. The van der Waals surface area contributed by atoms with Crippen LogP contribution in [-0.2, 0) is 20.9 Å². The summed E-state index contributed by atoms with van der Waals surface area (Å²) in [5.41, 5.74) is 2.09. The van der Waals surface area contributed by atoms with E-state index in [2.05, 4.69) is 32.6 Å². The number of esters is 1. The molecule has 7 nitrogen and oxygen atoms in total. The molecule has 8 heteroatoms. The first-order chi connectivity index (χ1) is 14.6. The average Bonchev–Trinajstić information content (AvgIpc) is 3.03. The third-order valence-corrected chi connectivity index (χ3v) is 7.02. The topological polar surface area (TPSA) is 73.9 Å².